The molecule has 0 radical (unpaired) electrons. The number of aldehydes is 1. The van der Waals surface area contributed by atoms with Crippen molar-refractivity contribution < 1.29 is 24.1 Å². The van der Waals surface area contributed by atoms with Crippen LogP contribution in [-0.2, 0) is 14.3 Å². The Labute approximate surface area is 205 Å². The lowest BCUT2D eigenvalue weighted by molar-refractivity contribution is -0.118. The largest absolute Gasteiger partial charge is 0.456 e. The van der Waals surface area contributed by atoms with Gasteiger partial charge in [-0.05, 0) is 17.2 Å². The minimum absolute atomic E-state index is 0.0185. The van der Waals surface area contributed by atoms with Crippen LogP contribution in [0.25, 0.3) is 33.5 Å². The number of aromatic nitrogens is 3. The standard InChI is InChI=1S/C26H22ClN3O5/c27-18-12-19-24(29-21(18)17-8-6-16(7-9-17)15-4-2-1-3-5-15)30-25(28-19)35-20-13-33-23-22(20)34-14-26(23,32)10-11-31/h1-9,11-12,20,22-23,32H,10,13-14H2,(H,28,29,30)/t20-,22-,23+,26-/m1/s1. The minimum atomic E-state index is -1.33. The third-order valence-corrected chi connectivity index (χ3v) is 6.82. The van der Waals surface area contributed by atoms with Gasteiger partial charge in [-0.3, -0.25) is 0 Å². The van der Waals surface area contributed by atoms with E-state index in [4.69, 9.17) is 25.8 Å². The van der Waals surface area contributed by atoms with Crippen molar-refractivity contribution in [3.05, 3.63) is 65.7 Å². The Morgan fingerprint density at radius 3 is 2.60 bits per heavy atom. The number of hydrogen-bond acceptors (Lipinski definition) is 7. The zero-order chi connectivity index (χ0) is 24.0. The molecule has 4 atom stereocenters. The van der Waals surface area contributed by atoms with Gasteiger partial charge in [-0.1, -0.05) is 66.2 Å². The van der Waals surface area contributed by atoms with Gasteiger partial charge in [0.25, 0.3) is 6.01 Å². The van der Waals surface area contributed by atoms with Crippen molar-refractivity contribution in [3.63, 3.8) is 0 Å². The van der Waals surface area contributed by atoms with Crippen LogP contribution in [0.15, 0.2) is 60.7 Å². The first-order chi connectivity index (χ1) is 17.0. The second kappa shape index (κ2) is 8.73. The quantitative estimate of drug-likeness (QED) is 0.395. The minimum Gasteiger partial charge on any atom is -0.456 e. The lowest BCUT2D eigenvalue weighted by Gasteiger charge is -2.23. The van der Waals surface area contributed by atoms with Gasteiger partial charge < -0.3 is 29.1 Å². The van der Waals surface area contributed by atoms with Crippen LogP contribution in [0.3, 0.4) is 0 Å². The van der Waals surface area contributed by atoms with Gasteiger partial charge in [0.15, 0.2) is 11.8 Å². The summed E-state index contributed by atoms with van der Waals surface area (Å²) in [5.41, 5.74) is 3.51. The van der Waals surface area contributed by atoms with Crippen LogP contribution in [0, 0.1) is 0 Å². The second-order valence-corrected chi connectivity index (χ2v) is 9.24. The molecule has 4 heterocycles. The highest BCUT2D eigenvalue weighted by Crippen LogP contribution is 2.37. The summed E-state index contributed by atoms with van der Waals surface area (Å²) < 4.78 is 17.4. The van der Waals surface area contributed by atoms with Crippen LogP contribution in [-0.4, -0.2) is 63.5 Å². The third-order valence-electron chi connectivity index (χ3n) is 6.53. The Kier molecular flexibility index (Phi) is 5.53. The van der Waals surface area contributed by atoms with Gasteiger partial charge in [0.1, 0.15) is 24.1 Å². The topological polar surface area (TPSA) is 107 Å². The number of imidazole rings is 1. The first-order valence-electron chi connectivity index (χ1n) is 11.3. The fourth-order valence-electron chi connectivity index (χ4n) is 4.73. The van der Waals surface area contributed by atoms with E-state index in [9.17, 15) is 9.90 Å². The monoisotopic (exact) mass is 491 g/mol. The van der Waals surface area contributed by atoms with E-state index in [0.29, 0.717) is 28.2 Å². The Morgan fingerprint density at radius 2 is 1.83 bits per heavy atom. The zero-order valence-electron chi connectivity index (χ0n) is 18.6. The van der Waals surface area contributed by atoms with E-state index < -0.39 is 23.9 Å². The van der Waals surface area contributed by atoms with Gasteiger partial charge >= 0.3 is 0 Å². The molecule has 178 valence electrons. The number of aromatic amines is 1. The summed E-state index contributed by atoms with van der Waals surface area (Å²) in [4.78, 5) is 23.2. The summed E-state index contributed by atoms with van der Waals surface area (Å²) >= 11 is 6.56. The van der Waals surface area contributed by atoms with Crippen molar-refractivity contribution in [1.29, 1.82) is 0 Å². The maximum absolute atomic E-state index is 10.9. The van der Waals surface area contributed by atoms with Gasteiger partial charge in [-0.15, -0.1) is 0 Å². The van der Waals surface area contributed by atoms with Gasteiger partial charge in [0, 0.05) is 12.0 Å². The highest BCUT2D eigenvalue weighted by Gasteiger charge is 2.56. The molecule has 6 rings (SSSR count). The fourth-order valence-corrected chi connectivity index (χ4v) is 4.99. The highest BCUT2D eigenvalue weighted by atomic mass is 35.5. The average molecular weight is 492 g/mol. The molecule has 0 aliphatic carbocycles. The van der Waals surface area contributed by atoms with Crippen molar-refractivity contribution in [2.45, 2.75) is 30.3 Å². The number of fused-ring (bicyclic) bond motifs is 2. The molecule has 0 bridgehead atoms. The molecular formula is C26H22ClN3O5. The number of hydrogen-bond donors (Lipinski definition) is 2. The number of aliphatic hydroxyl groups is 1. The summed E-state index contributed by atoms with van der Waals surface area (Å²) in [6.45, 7) is 0.228. The van der Waals surface area contributed by atoms with E-state index in [2.05, 4.69) is 27.1 Å². The van der Waals surface area contributed by atoms with E-state index in [1.54, 1.807) is 6.07 Å². The van der Waals surface area contributed by atoms with Crippen LogP contribution in [0.4, 0.5) is 0 Å². The summed E-state index contributed by atoms with van der Waals surface area (Å²) in [7, 11) is 0. The van der Waals surface area contributed by atoms with Crippen LogP contribution in [0.5, 0.6) is 6.01 Å². The number of nitrogens with one attached hydrogen (secondary N) is 1. The van der Waals surface area contributed by atoms with Crippen LogP contribution in [0.2, 0.25) is 5.02 Å². The van der Waals surface area contributed by atoms with Crippen molar-refractivity contribution in [2.75, 3.05) is 13.2 Å². The van der Waals surface area contributed by atoms with Gasteiger partial charge in [0.05, 0.1) is 29.4 Å². The van der Waals surface area contributed by atoms with E-state index in [0.717, 1.165) is 16.7 Å². The molecule has 2 saturated heterocycles. The Balaban J connectivity index is 1.23. The van der Waals surface area contributed by atoms with Crippen molar-refractivity contribution >= 4 is 29.1 Å². The van der Waals surface area contributed by atoms with E-state index >= 15 is 0 Å². The summed E-state index contributed by atoms with van der Waals surface area (Å²) in [6.07, 6.45) is -0.987. The number of carbonyl (C=O) groups is 1. The van der Waals surface area contributed by atoms with Crippen molar-refractivity contribution in [1.82, 2.24) is 15.0 Å². The Morgan fingerprint density at radius 1 is 1.09 bits per heavy atom. The summed E-state index contributed by atoms with van der Waals surface area (Å²) in [5, 5.41) is 11.1. The molecule has 2 aliphatic rings. The van der Waals surface area contributed by atoms with Gasteiger partial charge in [-0.2, -0.15) is 4.98 Å². The summed E-state index contributed by atoms with van der Waals surface area (Å²) in [6, 6.07) is 20.2. The Bertz CT molecular complexity index is 1380. The van der Waals surface area contributed by atoms with Crippen LogP contribution < -0.4 is 4.74 Å². The number of halogens is 1. The molecule has 0 amide bonds. The third kappa shape index (κ3) is 3.98. The molecule has 2 N–H and O–H groups in total. The van der Waals surface area contributed by atoms with E-state index in [1.807, 2.05) is 42.5 Å². The molecule has 8 nitrogen and oxygen atoms in total. The molecule has 9 heteroatoms. The van der Waals surface area contributed by atoms with E-state index in [1.165, 1.54) is 0 Å². The molecule has 0 spiro atoms. The average Bonchev–Trinajstić information content (AvgIpc) is 3.55. The molecule has 35 heavy (non-hydrogen) atoms. The number of pyridine rings is 1. The molecule has 2 aliphatic heterocycles. The first-order valence-corrected chi connectivity index (χ1v) is 11.7. The lowest BCUT2D eigenvalue weighted by Crippen LogP contribution is -2.44. The van der Waals surface area contributed by atoms with Crippen molar-refractivity contribution in [2.24, 2.45) is 0 Å². The van der Waals surface area contributed by atoms with Crippen molar-refractivity contribution in [3.8, 4) is 28.4 Å². The van der Waals surface area contributed by atoms with Crippen LogP contribution in [0.1, 0.15) is 6.42 Å². The highest BCUT2D eigenvalue weighted by molar-refractivity contribution is 6.33. The normalized spacial score (nSPS) is 25.6. The lowest BCUT2D eigenvalue weighted by atomic mass is 9.93. The smallest absolute Gasteiger partial charge is 0.296 e. The maximum Gasteiger partial charge on any atom is 0.296 e. The number of H-pyrrole nitrogens is 1. The van der Waals surface area contributed by atoms with Crippen LogP contribution >= 0.6 is 11.6 Å². The number of rotatable bonds is 6. The number of ether oxygens (including phenoxy) is 3. The molecule has 0 saturated carbocycles. The molecular weight excluding hydrogens is 470 g/mol. The molecule has 2 aromatic heterocycles. The number of nitrogens with zero attached hydrogens (tertiary/aromatic N) is 2. The zero-order valence-corrected chi connectivity index (χ0v) is 19.3. The molecule has 4 aromatic rings. The molecule has 0 unspecified atom stereocenters. The van der Waals surface area contributed by atoms with E-state index in [-0.39, 0.29) is 25.6 Å². The first kappa shape index (κ1) is 22.2. The molecule has 2 aromatic carbocycles. The number of carbonyl (C=O) groups excluding carboxylic acids is 1. The van der Waals surface area contributed by atoms with Gasteiger partial charge in [-0.25, -0.2) is 4.98 Å². The fraction of sp³-hybridized carbons (Fsp3) is 0.269. The SMILES string of the molecule is O=CC[C@@]1(O)CO[C@@H]2[C@H](Oc3nc4nc(-c5ccc(-c6ccccc6)cc5)c(Cl)cc4[nH]3)CO[C@@H]21. The predicted molar refractivity (Wildman–Crippen MR) is 129 cm³/mol. The Hall–Kier alpha value is -3.30. The predicted octanol–water partition coefficient (Wildman–Crippen LogP) is 3.81. The number of benzene rings is 2. The summed E-state index contributed by atoms with van der Waals surface area (Å²) in [5.74, 6) is 0. The second-order valence-electron chi connectivity index (χ2n) is 8.84. The van der Waals surface area contributed by atoms with Gasteiger partial charge in [0.2, 0.25) is 0 Å². The maximum atomic E-state index is 10.9. The molecule has 2 fully saturated rings.